The van der Waals surface area contributed by atoms with E-state index in [0.717, 1.165) is 24.2 Å². The summed E-state index contributed by atoms with van der Waals surface area (Å²) in [5.74, 6) is 1.20. The summed E-state index contributed by atoms with van der Waals surface area (Å²) in [7, 11) is 0. The Morgan fingerprint density at radius 3 is 1.22 bits per heavy atom. The number of anilines is 2. The van der Waals surface area contributed by atoms with E-state index in [9.17, 15) is 0 Å². The van der Waals surface area contributed by atoms with E-state index in [4.69, 9.17) is 11.5 Å². The van der Waals surface area contributed by atoms with Gasteiger partial charge in [-0.25, -0.2) is 0 Å². The summed E-state index contributed by atoms with van der Waals surface area (Å²) < 4.78 is 0. The van der Waals surface area contributed by atoms with Gasteiger partial charge in [-0.2, -0.15) is 0 Å². The lowest BCUT2D eigenvalue weighted by Gasteiger charge is -2.38. The van der Waals surface area contributed by atoms with Crippen LogP contribution in [-0.2, 0) is 5.41 Å². The molecule has 0 saturated heterocycles. The van der Waals surface area contributed by atoms with Crippen LogP contribution < -0.4 is 11.5 Å². The normalized spacial score (nSPS) is 12.1. The van der Waals surface area contributed by atoms with Crippen molar-refractivity contribution in [2.75, 3.05) is 11.5 Å². The molecule has 124 valence electrons. The number of rotatable bonds is 6. The zero-order valence-corrected chi connectivity index (χ0v) is 14.8. The standard InChI is InChI=1S/C21H30N2/c1-15(2)13-21(14-16(3)4,17-5-9-19(22)10-6-17)18-7-11-20(23)12-8-18/h5-12,15-16H,13-14,22-23H2,1-4H3. The lowest BCUT2D eigenvalue weighted by atomic mass is 9.65. The predicted molar refractivity (Wildman–Crippen MR) is 101 cm³/mol. The van der Waals surface area contributed by atoms with E-state index in [1.807, 2.05) is 24.3 Å². The molecular weight excluding hydrogens is 280 g/mol. The minimum absolute atomic E-state index is 0.00370. The highest BCUT2D eigenvalue weighted by Gasteiger charge is 2.35. The molecule has 0 aliphatic rings. The Morgan fingerprint density at radius 1 is 0.652 bits per heavy atom. The molecule has 0 unspecified atom stereocenters. The van der Waals surface area contributed by atoms with Crippen LogP contribution in [-0.4, -0.2) is 0 Å². The van der Waals surface area contributed by atoms with E-state index in [-0.39, 0.29) is 5.41 Å². The largest absolute Gasteiger partial charge is 0.399 e. The molecule has 0 amide bonds. The molecule has 0 aromatic heterocycles. The van der Waals surface area contributed by atoms with Crippen molar-refractivity contribution in [1.29, 1.82) is 0 Å². The molecule has 0 aliphatic heterocycles. The van der Waals surface area contributed by atoms with Gasteiger partial charge in [-0.1, -0.05) is 52.0 Å². The van der Waals surface area contributed by atoms with Crippen molar-refractivity contribution >= 4 is 11.4 Å². The Hall–Kier alpha value is -1.96. The number of nitrogen functional groups attached to an aromatic ring is 2. The second kappa shape index (κ2) is 7.08. The average molecular weight is 310 g/mol. The van der Waals surface area contributed by atoms with Crippen LogP contribution in [0.2, 0.25) is 0 Å². The van der Waals surface area contributed by atoms with E-state index < -0.39 is 0 Å². The lowest BCUT2D eigenvalue weighted by molar-refractivity contribution is 0.331. The van der Waals surface area contributed by atoms with Gasteiger partial charge >= 0.3 is 0 Å². The molecule has 2 aromatic rings. The molecule has 2 nitrogen and oxygen atoms in total. The summed E-state index contributed by atoms with van der Waals surface area (Å²) in [6, 6.07) is 16.8. The first kappa shape index (κ1) is 17.4. The summed E-state index contributed by atoms with van der Waals surface area (Å²) in [4.78, 5) is 0. The van der Waals surface area contributed by atoms with Gasteiger partial charge in [0.15, 0.2) is 0 Å². The summed E-state index contributed by atoms with van der Waals surface area (Å²) >= 11 is 0. The van der Waals surface area contributed by atoms with Crippen molar-refractivity contribution in [3.63, 3.8) is 0 Å². The van der Waals surface area contributed by atoms with E-state index >= 15 is 0 Å². The molecule has 0 spiro atoms. The maximum atomic E-state index is 5.91. The average Bonchev–Trinajstić information content (AvgIpc) is 2.46. The molecule has 2 rings (SSSR count). The highest BCUT2D eigenvalue weighted by molar-refractivity contribution is 5.49. The van der Waals surface area contributed by atoms with Gasteiger partial charge in [0, 0.05) is 16.8 Å². The zero-order valence-electron chi connectivity index (χ0n) is 14.8. The van der Waals surface area contributed by atoms with E-state index in [0.29, 0.717) is 11.8 Å². The maximum Gasteiger partial charge on any atom is 0.0314 e. The molecule has 0 aliphatic carbocycles. The molecule has 4 N–H and O–H groups in total. The Kier molecular flexibility index (Phi) is 5.35. The molecule has 2 heteroatoms. The van der Waals surface area contributed by atoms with Crippen LogP contribution in [0, 0.1) is 11.8 Å². The van der Waals surface area contributed by atoms with Crippen LogP contribution >= 0.6 is 0 Å². The first-order valence-corrected chi connectivity index (χ1v) is 8.55. The Balaban J connectivity index is 2.62. The fourth-order valence-corrected chi connectivity index (χ4v) is 3.72. The van der Waals surface area contributed by atoms with Crippen molar-refractivity contribution in [3.05, 3.63) is 59.7 Å². The van der Waals surface area contributed by atoms with Crippen molar-refractivity contribution in [2.24, 2.45) is 11.8 Å². The third-order valence-corrected chi connectivity index (χ3v) is 4.44. The van der Waals surface area contributed by atoms with Crippen molar-refractivity contribution < 1.29 is 0 Å². The quantitative estimate of drug-likeness (QED) is 0.718. The van der Waals surface area contributed by atoms with Crippen molar-refractivity contribution in [3.8, 4) is 0 Å². The second-order valence-electron chi connectivity index (χ2n) is 7.52. The summed E-state index contributed by atoms with van der Waals surface area (Å²) in [6.07, 6.45) is 2.22. The SMILES string of the molecule is CC(C)CC(CC(C)C)(c1ccc(N)cc1)c1ccc(N)cc1. The van der Waals surface area contributed by atoms with Crippen LogP contribution in [0.15, 0.2) is 48.5 Å². The smallest absolute Gasteiger partial charge is 0.0314 e. The minimum atomic E-state index is 0.00370. The fraction of sp³-hybridized carbons (Fsp3) is 0.429. The Bertz CT molecular complexity index is 552. The van der Waals surface area contributed by atoms with Gasteiger partial charge in [0.05, 0.1) is 0 Å². The van der Waals surface area contributed by atoms with Crippen LogP contribution in [0.25, 0.3) is 0 Å². The van der Waals surface area contributed by atoms with Crippen LogP contribution in [0.4, 0.5) is 11.4 Å². The molecular formula is C21H30N2. The van der Waals surface area contributed by atoms with Crippen molar-refractivity contribution in [1.82, 2.24) is 0 Å². The van der Waals surface area contributed by atoms with Gasteiger partial charge in [-0.15, -0.1) is 0 Å². The summed E-state index contributed by atoms with van der Waals surface area (Å²) in [5.41, 5.74) is 16.2. The van der Waals surface area contributed by atoms with Gasteiger partial charge in [-0.3, -0.25) is 0 Å². The van der Waals surface area contributed by atoms with Gasteiger partial charge in [-0.05, 0) is 60.1 Å². The highest BCUT2D eigenvalue weighted by Crippen LogP contribution is 2.43. The summed E-state index contributed by atoms with van der Waals surface area (Å²) in [5, 5.41) is 0. The molecule has 0 bridgehead atoms. The third kappa shape index (κ3) is 4.07. The number of nitrogens with two attached hydrogens (primary N) is 2. The monoisotopic (exact) mass is 310 g/mol. The lowest BCUT2D eigenvalue weighted by Crippen LogP contribution is -2.31. The number of hydrogen-bond acceptors (Lipinski definition) is 2. The van der Waals surface area contributed by atoms with Gasteiger partial charge < -0.3 is 11.5 Å². The zero-order chi connectivity index (χ0) is 17.0. The van der Waals surface area contributed by atoms with Gasteiger partial charge in [0.1, 0.15) is 0 Å². The molecule has 0 heterocycles. The Morgan fingerprint density at radius 2 is 0.957 bits per heavy atom. The van der Waals surface area contributed by atoms with E-state index in [2.05, 4.69) is 52.0 Å². The number of hydrogen-bond donors (Lipinski definition) is 2. The Labute approximate surface area is 140 Å². The van der Waals surface area contributed by atoms with Crippen LogP contribution in [0.1, 0.15) is 51.7 Å². The predicted octanol–water partition coefficient (Wildman–Crippen LogP) is 5.23. The molecule has 23 heavy (non-hydrogen) atoms. The summed E-state index contributed by atoms with van der Waals surface area (Å²) in [6.45, 7) is 9.18. The molecule has 0 fully saturated rings. The van der Waals surface area contributed by atoms with E-state index in [1.54, 1.807) is 0 Å². The maximum absolute atomic E-state index is 5.91. The topological polar surface area (TPSA) is 52.0 Å². The minimum Gasteiger partial charge on any atom is -0.399 e. The van der Waals surface area contributed by atoms with Crippen LogP contribution in [0.5, 0.6) is 0 Å². The molecule has 2 aromatic carbocycles. The van der Waals surface area contributed by atoms with Gasteiger partial charge in [0.2, 0.25) is 0 Å². The van der Waals surface area contributed by atoms with Crippen LogP contribution in [0.3, 0.4) is 0 Å². The second-order valence-corrected chi connectivity index (χ2v) is 7.52. The first-order chi connectivity index (χ1) is 10.8. The first-order valence-electron chi connectivity index (χ1n) is 8.55. The molecule has 0 atom stereocenters. The van der Waals surface area contributed by atoms with Crippen molar-refractivity contribution in [2.45, 2.75) is 46.0 Å². The third-order valence-electron chi connectivity index (χ3n) is 4.44. The molecule has 0 saturated carbocycles. The fourth-order valence-electron chi connectivity index (χ4n) is 3.72. The van der Waals surface area contributed by atoms with Gasteiger partial charge in [0.25, 0.3) is 0 Å². The molecule has 0 radical (unpaired) electrons. The van der Waals surface area contributed by atoms with E-state index in [1.165, 1.54) is 11.1 Å². The highest BCUT2D eigenvalue weighted by atomic mass is 14.5. The number of benzene rings is 2.